The predicted molar refractivity (Wildman–Crippen MR) is 97.3 cm³/mol. The highest BCUT2D eigenvalue weighted by molar-refractivity contribution is 5.85. The van der Waals surface area contributed by atoms with Crippen molar-refractivity contribution < 1.29 is 14.3 Å². The Morgan fingerprint density at radius 2 is 1.96 bits per heavy atom. The van der Waals surface area contributed by atoms with Gasteiger partial charge in [-0.15, -0.1) is 24.8 Å². The Morgan fingerprint density at radius 3 is 2.62 bits per heavy atom. The van der Waals surface area contributed by atoms with Crippen LogP contribution >= 0.6 is 24.8 Å². The van der Waals surface area contributed by atoms with Crippen molar-refractivity contribution in [3.05, 3.63) is 48.2 Å². The van der Waals surface area contributed by atoms with Crippen molar-refractivity contribution in [2.24, 2.45) is 5.73 Å². The molecule has 1 amide bonds. The zero-order chi connectivity index (χ0) is 15.9. The van der Waals surface area contributed by atoms with Gasteiger partial charge in [-0.25, -0.2) is 4.98 Å². The topological polar surface area (TPSA) is 86.5 Å². The Labute approximate surface area is 153 Å². The van der Waals surface area contributed by atoms with E-state index in [1.54, 1.807) is 32.4 Å². The molecular weight excluding hydrogens is 353 g/mol. The zero-order valence-corrected chi connectivity index (χ0v) is 15.0. The lowest BCUT2D eigenvalue weighted by Crippen LogP contribution is -2.37. The highest BCUT2D eigenvalue weighted by Crippen LogP contribution is 2.25. The standard InChI is InChI=1S/C16H19N3O3.2ClH/c1-11(17)15(20)19-10-12-5-4-8-18-16(12)22-14-7-3-6-13(9-14)21-2;;/h3-9,11H,10,17H2,1-2H3,(H,19,20);2*1H/t11-;;/m1../s1. The molecule has 0 aliphatic heterocycles. The molecular formula is C16H21Cl2N3O3. The molecule has 132 valence electrons. The van der Waals surface area contributed by atoms with E-state index in [4.69, 9.17) is 15.2 Å². The van der Waals surface area contributed by atoms with E-state index in [0.29, 0.717) is 23.9 Å². The third kappa shape index (κ3) is 6.23. The number of ether oxygens (including phenoxy) is 2. The molecule has 1 aromatic heterocycles. The molecule has 0 saturated heterocycles. The number of carbonyl (C=O) groups excluding carboxylic acids is 1. The van der Waals surface area contributed by atoms with Gasteiger partial charge in [0.05, 0.1) is 13.2 Å². The van der Waals surface area contributed by atoms with Crippen LogP contribution in [0.1, 0.15) is 12.5 Å². The molecule has 1 heterocycles. The monoisotopic (exact) mass is 373 g/mol. The van der Waals surface area contributed by atoms with E-state index in [-0.39, 0.29) is 30.7 Å². The lowest BCUT2D eigenvalue weighted by Gasteiger charge is -2.12. The maximum atomic E-state index is 11.6. The molecule has 0 saturated carbocycles. The molecule has 24 heavy (non-hydrogen) atoms. The molecule has 0 fully saturated rings. The maximum absolute atomic E-state index is 11.6. The number of carbonyl (C=O) groups is 1. The van der Waals surface area contributed by atoms with Gasteiger partial charge in [0.1, 0.15) is 11.5 Å². The summed E-state index contributed by atoms with van der Waals surface area (Å²) in [7, 11) is 1.59. The van der Waals surface area contributed by atoms with Gasteiger partial charge in [0, 0.05) is 24.4 Å². The second-order valence-corrected chi connectivity index (χ2v) is 4.76. The van der Waals surface area contributed by atoms with Crippen molar-refractivity contribution in [2.75, 3.05) is 7.11 Å². The number of amides is 1. The summed E-state index contributed by atoms with van der Waals surface area (Å²) in [6.45, 7) is 1.93. The number of pyridine rings is 1. The molecule has 1 atom stereocenters. The molecule has 3 N–H and O–H groups in total. The minimum Gasteiger partial charge on any atom is -0.497 e. The fourth-order valence-electron chi connectivity index (χ4n) is 1.77. The zero-order valence-electron chi connectivity index (χ0n) is 13.4. The van der Waals surface area contributed by atoms with E-state index in [1.807, 2.05) is 24.3 Å². The van der Waals surface area contributed by atoms with E-state index in [9.17, 15) is 4.79 Å². The summed E-state index contributed by atoms with van der Waals surface area (Å²) in [5.74, 6) is 1.51. The summed E-state index contributed by atoms with van der Waals surface area (Å²) in [4.78, 5) is 15.8. The summed E-state index contributed by atoms with van der Waals surface area (Å²) in [6.07, 6.45) is 1.63. The highest BCUT2D eigenvalue weighted by atomic mass is 35.5. The molecule has 6 nitrogen and oxygen atoms in total. The average molecular weight is 374 g/mol. The van der Waals surface area contributed by atoms with Gasteiger partial charge < -0.3 is 20.5 Å². The molecule has 0 spiro atoms. The number of hydrogen-bond acceptors (Lipinski definition) is 5. The van der Waals surface area contributed by atoms with Crippen molar-refractivity contribution in [3.63, 3.8) is 0 Å². The van der Waals surface area contributed by atoms with Gasteiger partial charge in [-0.05, 0) is 25.1 Å². The van der Waals surface area contributed by atoms with E-state index in [1.165, 1.54) is 0 Å². The molecule has 8 heteroatoms. The number of rotatable bonds is 6. The normalized spacial score (nSPS) is 10.6. The van der Waals surface area contributed by atoms with Crippen molar-refractivity contribution in [1.82, 2.24) is 10.3 Å². The van der Waals surface area contributed by atoms with Crippen LogP contribution < -0.4 is 20.5 Å². The van der Waals surface area contributed by atoms with Gasteiger partial charge in [-0.1, -0.05) is 12.1 Å². The molecule has 0 aliphatic carbocycles. The summed E-state index contributed by atoms with van der Waals surface area (Å²) in [5, 5.41) is 2.74. The van der Waals surface area contributed by atoms with E-state index < -0.39 is 6.04 Å². The van der Waals surface area contributed by atoms with Gasteiger partial charge in [-0.2, -0.15) is 0 Å². The second kappa shape index (κ2) is 10.7. The van der Waals surface area contributed by atoms with Crippen LogP contribution in [0.4, 0.5) is 0 Å². The summed E-state index contributed by atoms with van der Waals surface area (Å²) >= 11 is 0. The van der Waals surface area contributed by atoms with Crippen LogP contribution in [0.15, 0.2) is 42.6 Å². The third-order valence-electron chi connectivity index (χ3n) is 2.97. The molecule has 0 radical (unpaired) electrons. The lowest BCUT2D eigenvalue weighted by molar-refractivity contribution is -0.122. The molecule has 0 bridgehead atoms. The van der Waals surface area contributed by atoms with Crippen molar-refractivity contribution in [3.8, 4) is 17.4 Å². The van der Waals surface area contributed by atoms with E-state index >= 15 is 0 Å². The van der Waals surface area contributed by atoms with Crippen LogP contribution in [-0.2, 0) is 11.3 Å². The van der Waals surface area contributed by atoms with Crippen LogP contribution in [0.2, 0.25) is 0 Å². The first-order valence-electron chi connectivity index (χ1n) is 6.89. The number of halogens is 2. The first kappa shape index (κ1) is 22.0. The van der Waals surface area contributed by atoms with Crippen LogP contribution in [0.25, 0.3) is 0 Å². The van der Waals surface area contributed by atoms with Gasteiger partial charge in [-0.3, -0.25) is 4.79 Å². The Balaban J connectivity index is 0.00000264. The van der Waals surface area contributed by atoms with Gasteiger partial charge in [0.15, 0.2) is 0 Å². The Bertz CT molecular complexity index is 654. The van der Waals surface area contributed by atoms with Gasteiger partial charge in [0.25, 0.3) is 0 Å². The number of benzene rings is 1. The Kier molecular flexibility index (Phi) is 9.80. The minimum absolute atomic E-state index is 0. The van der Waals surface area contributed by atoms with Crippen LogP contribution in [0, 0.1) is 0 Å². The lowest BCUT2D eigenvalue weighted by atomic mass is 10.2. The first-order valence-corrected chi connectivity index (χ1v) is 6.89. The molecule has 1 aromatic carbocycles. The molecule has 0 aliphatic rings. The average Bonchev–Trinajstić information content (AvgIpc) is 2.53. The van der Waals surface area contributed by atoms with Crippen LogP contribution in [-0.4, -0.2) is 24.0 Å². The predicted octanol–water partition coefficient (Wildman–Crippen LogP) is 2.69. The fourth-order valence-corrected chi connectivity index (χ4v) is 1.77. The second-order valence-electron chi connectivity index (χ2n) is 4.76. The fraction of sp³-hybridized carbons (Fsp3) is 0.250. The number of nitrogens with zero attached hydrogens (tertiary/aromatic N) is 1. The maximum Gasteiger partial charge on any atom is 0.236 e. The summed E-state index contributed by atoms with van der Waals surface area (Å²) < 4.78 is 10.9. The van der Waals surface area contributed by atoms with Crippen molar-refractivity contribution in [2.45, 2.75) is 19.5 Å². The van der Waals surface area contributed by atoms with Crippen LogP contribution in [0.3, 0.4) is 0 Å². The van der Waals surface area contributed by atoms with E-state index in [0.717, 1.165) is 5.56 Å². The SMILES string of the molecule is COc1cccc(Oc2ncccc2CNC(=O)[C@@H](C)N)c1.Cl.Cl. The number of nitrogens with two attached hydrogens (primary N) is 1. The molecule has 2 aromatic rings. The number of hydrogen-bond donors (Lipinski definition) is 2. The first-order chi connectivity index (χ1) is 10.6. The van der Waals surface area contributed by atoms with Crippen LogP contribution in [0.5, 0.6) is 17.4 Å². The third-order valence-corrected chi connectivity index (χ3v) is 2.97. The minimum atomic E-state index is -0.556. The number of methoxy groups -OCH3 is 1. The summed E-state index contributed by atoms with van der Waals surface area (Å²) in [6, 6.07) is 10.3. The number of aromatic nitrogens is 1. The van der Waals surface area contributed by atoms with Gasteiger partial charge in [0.2, 0.25) is 11.8 Å². The van der Waals surface area contributed by atoms with Crippen molar-refractivity contribution in [1.29, 1.82) is 0 Å². The smallest absolute Gasteiger partial charge is 0.236 e. The Hall–Kier alpha value is -2.02. The highest BCUT2D eigenvalue weighted by Gasteiger charge is 2.10. The van der Waals surface area contributed by atoms with Crippen molar-refractivity contribution >= 4 is 30.7 Å². The van der Waals surface area contributed by atoms with Gasteiger partial charge >= 0.3 is 0 Å². The molecule has 2 rings (SSSR count). The van der Waals surface area contributed by atoms with E-state index in [2.05, 4.69) is 10.3 Å². The number of nitrogens with one attached hydrogen (secondary N) is 1. The summed E-state index contributed by atoms with van der Waals surface area (Å²) in [5.41, 5.74) is 6.28. The quantitative estimate of drug-likeness (QED) is 0.812. The molecule has 0 unspecified atom stereocenters. The Morgan fingerprint density at radius 1 is 1.25 bits per heavy atom. The largest absolute Gasteiger partial charge is 0.497 e.